The highest BCUT2D eigenvalue weighted by Gasteiger charge is 2.29. The van der Waals surface area contributed by atoms with Crippen LogP contribution in [0.5, 0.6) is 11.5 Å². The third kappa shape index (κ3) is 3.39. The van der Waals surface area contributed by atoms with E-state index in [0.717, 1.165) is 12.8 Å². The molecule has 0 aliphatic carbocycles. The van der Waals surface area contributed by atoms with Gasteiger partial charge in [0.1, 0.15) is 11.5 Å². The average molecular weight is 360 g/mol. The molecule has 0 amide bonds. The topological polar surface area (TPSA) is 129 Å². The molecule has 0 unspecified atom stereocenters. The second-order valence-corrected chi connectivity index (χ2v) is 5.75. The van der Waals surface area contributed by atoms with E-state index in [0.29, 0.717) is 30.3 Å². The Bertz CT molecular complexity index is 823. The summed E-state index contributed by atoms with van der Waals surface area (Å²) in [6.07, 6.45) is 1.90. The van der Waals surface area contributed by atoms with Crippen molar-refractivity contribution in [2.24, 2.45) is 0 Å². The summed E-state index contributed by atoms with van der Waals surface area (Å²) in [5.41, 5.74) is 6.15. The van der Waals surface area contributed by atoms with Crippen molar-refractivity contribution in [1.82, 2.24) is 9.97 Å². The minimum Gasteiger partial charge on any atom is -0.497 e. The van der Waals surface area contributed by atoms with Gasteiger partial charge in [-0.1, -0.05) is 0 Å². The largest absolute Gasteiger partial charge is 0.497 e. The second kappa shape index (κ2) is 7.30. The second-order valence-electron chi connectivity index (χ2n) is 5.75. The molecule has 10 nitrogen and oxygen atoms in total. The highest BCUT2D eigenvalue weighted by Crippen LogP contribution is 2.36. The van der Waals surface area contributed by atoms with Crippen molar-refractivity contribution in [3.63, 3.8) is 0 Å². The van der Waals surface area contributed by atoms with E-state index in [1.165, 1.54) is 7.11 Å². The first-order valence-corrected chi connectivity index (χ1v) is 8.09. The zero-order chi connectivity index (χ0) is 18.7. The molecule has 0 atom stereocenters. The lowest BCUT2D eigenvalue weighted by atomic mass is 10.2. The molecule has 10 heteroatoms. The Labute approximate surface area is 150 Å². The van der Waals surface area contributed by atoms with Crippen molar-refractivity contribution >= 4 is 29.0 Å². The number of hydrogen-bond acceptors (Lipinski definition) is 9. The first kappa shape index (κ1) is 17.5. The van der Waals surface area contributed by atoms with Crippen LogP contribution in [-0.4, -0.2) is 42.2 Å². The van der Waals surface area contributed by atoms with E-state index in [9.17, 15) is 10.1 Å². The van der Waals surface area contributed by atoms with Gasteiger partial charge in [-0.25, -0.2) is 0 Å². The van der Waals surface area contributed by atoms with Gasteiger partial charge in [0.25, 0.3) is 0 Å². The molecular formula is C16H20N6O4. The molecule has 138 valence electrons. The molecule has 2 aromatic rings. The van der Waals surface area contributed by atoms with Crippen LogP contribution < -0.4 is 25.4 Å². The summed E-state index contributed by atoms with van der Waals surface area (Å²) in [5.74, 6) is 1.36. The maximum atomic E-state index is 11.4. The molecule has 1 aliphatic rings. The van der Waals surface area contributed by atoms with E-state index in [4.69, 9.17) is 15.2 Å². The monoisotopic (exact) mass is 360 g/mol. The highest BCUT2D eigenvalue weighted by atomic mass is 16.6. The van der Waals surface area contributed by atoms with E-state index in [1.54, 1.807) is 25.3 Å². The molecule has 1 aromatic heterocycles. The first-order valence-electron chi connectivity index (χ1n) is 8.09. The Morgan fingerprint density at radius 2 is 1.96 bits per heavy atom. The van der Waals surface area contributed by atoms with Crippen LogP contribution in [0.4, 0.5) is 29.0 Å². The van der Waals surface area contributed by atoms with Crippen LogP contribution in [-0.2, 0) is 0 Å². The maximum absolute atomic E-state index is 11.4. The molecule has 26 heavy (non-hydrogen) atoms. The molecular weight excluding hydrogens is 340 g/mol. The number of nitrogens with zero attached hydrogens (tertiary/aromatic N) is 4. The van der Waals surface area contributed by atoms with E-state index in [-0.39, 0.29) is 23.3 Å². The van der Waals surface area contributed by atoms with Crippen LogP contribution in [0.1, 0.15) is 12.8 Å². The Balaban J connectivity index is 2.02. The lowest BCUT2D eigenvalue weighted by Gasteiger charge is -2.18. The number of anilines is 4. The quantitative estimate of drug-likeness (QED) is 0.589. The van der Waals surface area contributed by atoms with Crippen molar-refractivity contribution in [1.29, 1.82) is 0 Å². The van der Waals surface area contributed by atoms with Crippen molar-refractivity contribution in [3.8, 4) is 11.5 Å². The lowest BCUT2D eigenvalue weighted by molar-refractivity contribution is -0.383. The molecule has 0 saturated carbocycles. The molecule has 0 bridgehead atoms. The predicted octanol–water partition coefficient (Wildman–Crippen LogP) is 2.33. The number of hydrogen-bond donors (Lipinski definition) is 2. The molecule has 1 fully saturated rings. The fourth-order valence-corrected chi connectivity index (χ4v) is 2.87. The minimum atomic E-state index is -0.543. The summed E-state index contributed by atoms with van der Waals surface area (Å²) in [6, 6.07) is 5.21. The fourth-order valence-electron chi connectivity index (χ4n) is 2.87. The van der Waals surface area contributed by atoms with Crippen LogP contribution in [0.3, 0.4) is 0 Å². The number of nitrogen functional groups attached to an aromatic ring is 1. The third-order valence-electron chi connectivity index (χ3n) is 4.13. The smallest absolute Gasteiger partial charge is 0.353 e. The third-order valence-corrected chi connectivity index (χ3v) is 4.13. The number of rotatable bonds is 6. The summed E-state index contributed by atoms with van der Waals surface area (Å²) in [5, 5.41) is 14.4. The van der Waals surface area contributed by atoms with Crippen molar-refractivity contribution in [3.05, 3.63) is 28.3 Å². The summed E-state index contributed by atoms with van der Waals surface area (Å²) >= 11 is 0. The van der Waals surface area contributed by atoms with E-state index in [2.05, 4.69) is 15.3 Å². The normalized spacial score (nSPS) is 13.5. The number of ether oxygens (including phenoxy) is 2. The first-order chi connectivity index (χ1) is 12.5. The van der Waals surface area contributed by atoms with Crippen LogP contribution in [0.15, 0.2) is 18.2 Å². The Morgan fingerprint density at radius 3 is 2.58 bits per heavy atom. The lowest BCUT2D eigenvalue weighted by Crippen LogP contribution is -2.22. The van der Waals surface area contributed by atoms with Crippen LogP contribution in [0, 0.1) is 10.1 Å². The van der Waals surface area contributed by atoms with Crippen LogP contribution in [0.25, 0.3) is 0 Å². The number of aromatic nitrogens is 2. The number of methoxy groups -OCH3 is 2. The zero-order valence-electron chi connectivity index (χ0n) is 14.6. The molecule has 1 aliphatic heterocycles. The van der Waals surface area contributed by atoms with E-state index < -0.39 is 4.92 Å². The molecule has 2 heterocycles. The van der Waals surface area contributed by atoms with Crippen LogP contribution in [0.2, 0.25) is 0 Å². The van der Waals surface area contributed by atoms with Crippen molar-refractivity contribution < 1.29 is 14.4 Å². The van der Waals surface area contributed by atoms with Gasteiger partial charge >= 0.3 is 5.69 Å². The molecule has 0 spiro atoms. The predicted molar refractivity (Wildman–Crippen MR) is 97.4 cm³/mol. The highest BCUT2D eigenvalue weighted by molar-refractivity contribution is 5.73. The van der Waals surface area contributed by atoms with E-state index >= 15 is 0 Å². The number of benzene rings is 1. The molecule has 3 N–H and O–H groups in total. The standard InChI is InChI=1S/C16H20N6O4/c1-25-10-5-6-12(26-2)11(9-10)18-16-19-14(17)13(22(23)24)15(20-16)21-7-3-4-8-21/h5-6,9H,3-4,7-8H2,1-2H3,(H3,17,18,19,20). The van der Waals surface area contributed by atoms with Crippen molar-refractivity contribution in [2.45, 2.75) is 12.8 Å². The van der Waals surface area contributed by atoms with Gasteiger partial charge in [-0.05, 0) is 25.0 Å². The van der Waals surface area contributed by atoms with Crippen LogP contribution >= 0.6 is 0 Å². The molecule has 3 rings (SSSR count). The van der Waals surface area contributed by atoms with Gasteiger partial charge in [-0.15, -0.1) is 0 Å². The Morgan fingerprint density at radius 1 is 1.23 bits per heavy atom. The fraction of sp³-hybridized carbons (Fsp3) is 0.375. The SMILES string of the molecule is COc1ccc(OC)c(Nc2nc(N)c([N+](=O)[O-])c(N3CCCC3)n2)c1. The minimum absolute atomic E-state index is 0.154. The Hall–Kier alpha value is -3.30. The van der Waals surface area contributed by atoms with Gasteiger partial charge in [0.15, 0.2) is 0 Å². The number of nitrogens with one attached hydrogen (secondary N) is 1. The van der Waals surface area contributed by atoms with Gasteiger partial charge in [-0.2, -0.15) is 9.97 Å². The van der Waals surface area contributed by atoms with E-state index in [1.807, 2.05) is 4.90 Å². The van der Waals surface area contributed by atoms with Gasteiger partial charge in [0, 0.05) is 19.2 Å². The number of nitro groups is 1. The number of nitrogens with two attached hydrogens (primary N) is 1. The average Bonchev–Trinajstić information content (AvgIpc) is 3.15. The molecule has 1 saturated heterocycles. The zero-order valence-corrected chi connectivity index (χ0v) is 14.6. The van der Waals surface area contributed by atoms with Crippen molar-refractivity contribution in [2.75, 3.05) is 43.3 Å². The summed E-state index contributed by atoms with van der Waals surface area (Å²) in [7, 11) is 3.09. The van der Waals surface area contributed by atoms with Gasteiger partial charge in [0.2, 0.25) is 17.6 Å². The van der Waals surface area contributed by atoms with Gasteiger partial charge in [-0.3, -0.25) is 10.1 Å². The van der Waals surface area contributed by atoms with Gasteiger partial charge < -0.3 is 25.4 Å². The molecule has 1 aromatic carbocycles. The summed E-state index contributed by atoms with van der Waals surface area (Å²) in [4.78, 5) is 21.1. The van der Waals surface area contributed by atoms with Gasteiger partial charge in [0.05, 0.1) is 24.8 Å². The summed E-state index contributed by atoms with van der Waals surface area (Å²) < 4.78 is 10.5. The Kier molecular flexibility index (Phi) is 4.92. The maximum Gasteiger partial charge on any atom is 0.353 e. The molecule has 0 radical (unpaired) electrons. The summed E-state index contributed by atoms with van der Waals surface area (Å²) in [6.45, 7) is 1.39.